The van der Waals surface area contributed by atoms with Crippen LogP contribution in [-0.4, -0.2) is 233 Å². The standard InChI is InChI=1S/C76H117N25O19/c1-9-36(5)56(98-67(112)48(30-39-19-23-42(103)24-20-39)96-64(109)49(31-40-33-86-34-90-40)94-61(106)43(77)14-11-25-87-74(80)81)70(115)97-50(32-51(78)104)65(110)95-47(28-35(3)4)66(111)99-57(37(6)10-2)71(116)101-59-53(55(59)73(118)120-8)69(114)92-45(16-13-27-89-76(84)85)63(108)100-58-52(54(58)72(117)119-7)68(113)91-44(15-12-26-88-75(82)83)62(107)93-46(60(79)105)29-38-17-21-41(102)22-18-38/h17-24,33-37,43-50,52-59,102-103H,9-16,25-32,77H2,1-8H3,(H2,78,104)(H2,79,105)(H,86,90)(H,91,113)(H,92,114)(H,93,107)(H,94,106)(H,95,110)(H,96,109)(H,97,115)(H,98,112)(H,99,111)(H,100,108)(H,101,116)(H4,80,81,87)(H4,82,83,88)(H4,84,85,89)/t36-,37-,43-,44-,45-,46-,47-,48-,49-,50-,52+,53+,54+,55+,56-,57-,58+,59+/m0/s1. The van der Waals surface area contributed by atoms with Crippen molar-refractivity contribution in [3.05, 3.63) is 77.9 Å². The minimum Gasteiger partial charge on any atom is -0.508 e. The van der Waals surface area contributed by atoms with Crippen LogP contribution in [0.25, 0.3) is 0 Å². The first-order valence-corrected chi connectivity index (χ1v) is 39.3. The third kappa shape index (κ3) is 31.2. The first-order valence-electron chi connectivity index (χ1n) is 39.3. The number of benzene rings is 2. The second kappa shape index (κ2) is 47.5. The van der Waals surface area contributed by atoms with Gasteiger partial charge in [-0.15, -0.1) is 0 Å². The fourth-order valence-corrected chi connectivity index (χ4v) is 13.2. The number of esters is 2. The molecule has 2 aliphatic rings. The number of nitrogens with one attached hydrogen (secondary N) is 18. The van der Waals surface area contributed by atoms with E-state index in [2.05, 4.69) is 84.4 Å². The van der Waals surface area contributed by atoms with Crippen LogP contribution in [-0.2, 0) is 101 Å². The zero-order chi connectivity index (χ0) is 89.4. The summed E-state index contributed by atoms with van der Waals surface area (Å²) in [6, 6.07) is -6.04. The summed E-state index contributed by atoms with van der Waals surface area (Å²) in [5.41, 5.74) is 35.1. The van der Waals surface area contributed by atoms with Gasteiger partial charge in [-0.25, -0.2) is 4.98 Å². The third-order valence-corrected chi connectivity index (χ3v) is 20.4. The lowest BCUT2D eigenvalue weighted by molar-refractivity contribution is -0.144. The van der Waals surface area contributed by atoms with Crippen molar-refractivity contribution in [3.63, 3.8) is 0 Å². The molecular formula is C76H117N25O19. The van der Waals surface area contributed by atoms with Crippen LogP contribution in [0.3, 0.4) is 0 Å². The van der Waals surface area contributed by atoms with Gasteiger partial charge in [0.15, 0.2) is 17.9 Å². The fourth-order valence-electron chi connectivity index (χ4n) is 13.2. The molecule has 44 nitrogen and oxygen atoms in total. The first-order chi connectivity index (χ1) is 56.7. The number of primary amides is 2. The van der Waals surface area contributed by atoms with E-state index in [0.29, 0.717) is 23.2 Å². The Labute approximate surface area is 692 Å². The summed E-state index contributed by atoms with van der Waals surface area (Å²) in [7, 11) is 2.05. The summed E-state index contributed by atoms with van der Waals surface area (Å²) in [5, 5.41) is 79.0. The van der Waals surface area contributed by atoms with Gasteiger partial charge in [0.25, 0.3) is 0 Å². The number of imidazole rings is 1. The summed E-state index contributed by atoms with van der Waals surface area (Å²) in [6.07, 6.45) is 1.93. The third-order valence-electron chi connectivity index (χ3n) is 20.4. The van der Waals surface area contributed by atoms with E-state index in [4.69, 9.17) is 60.1 Å². The molecule has 2 saturated carbocycles. The Morgan fingerprint density at radius 3 is 1.27 bits per heavy atom. The molecule has 0 saturated heterocycles. The average Bonchev–Trinajstić information content (AvgIpc) is 1.59. The number of ether oxygens (including phenoxy) is 2. The number of nitrogens with two attached hydrogens (primary N) is 6. The molecule has 44 heteroatoms. The molecule has 32 N–H and O–H groups in total. The molecule has 18 atom stereocenters. The van der Waals surface area contributed by atoms with Gasteiger partial charge in [-0.05, 0) is 98.1 Å². The molecule has 660 valence electrons. The van der Waals surface area contributed by atoms with Gasteiger partial charge in [0.05, 0.1) is 74.5 Å². The topological polar surface area (TPSA) is 740 Å². The predicted molar refractivity (Wildman–Crippen MR) is 432 cm³/mol. The molecule has 5 rings (SSSR count). The van der Waals surface area contributed by atoms with Gasteiger partial charge in [-0.2, -0.15) is 0 Å². The molecule has 1 aromatic heterocycles. The number of phenols is 2. The van der Waals surface area contributed by atoms with Gasteiger partial charge >= 0.3 is 11.9 Å². The highest BCUT2D eigenvalue weighted by Crippen LogP contribution is 2.42. The average molecular weight is 1680 g/mol. The number of H-pyrrole nitrogens is 1. The lowest BCUT2D eigenvalue weighted by atomic mass is 9.96. The van der Waals surface area contributed by atoms with Crippen LogP contribution < -0.4 is 109 Å². The Bertz CT molecular complexity index is 4100. The molecule has 3 aromatic rings. The number of amides is 13. The maximum absolute atomic E-state index is 14.7. The molecule has 0 bridgehead atoms. The predicted octanol–water partition coefficient (Wildman–Crippen LogP) is -6.36. The number of aromatic amines is 1. The number of carbonyl (C=O) groups is 15. The SMILES string of the molecule is CC[C@H](C)[C@H](NC(=O)[C@H](CC(C)C)NC(=O)[C@H](CC(N)=O)NC(=O)[C@@H](NC(=O)[C@H](Cc1ccc(O)cc1)NC(=O)[C@H](Cc1c[nH]cn1)NC(=O)[C@@H](N)CCCNC(=N)N)[C@@H](C)CC)C(=O)N[C@@H]1[C@H](C(=O)N[C@@H](CCCNC(=N)N)C(=O)N[C@@H]2[C@H](C(=O)N[C@@H](CCCNC(=N)N)C(=O)N[C@@H](Cc3ccc(O)cc3)C(N)=O)[C@H]2C(=O)OC)[C@H]1C(=O)OC. The first kappa shape index (κ1) is 97.6. The molecule has 2 fully saturated rings. The van der Waals surface area contributed by atoms with E-state index in [1.54, 1.807) is 41.5 Å². The molecule has 13 amide bonds. The zero-order valence-corrected chi connectivity index (χ0v) is 68.3. The van der Waals surface area contributed by atoms with Crippen molar-refractivity contribution in [1.82, 2.24) is 84.4 Å². The van der Waals surface area contributed by atoms with Gasteiger partial charge < -0.3 is 134 Å². The highest BCUT2D eigenvalue weighted by atomic mass is 16.5. The van der Waals surface area contributed by atoms with Gasteiger partial charge in [0, 0.05) is 45.1 Å². The Hall–Kier alpha value is -12.9. The van der Waals surface area contributed by atoms with Crippen LogP contribution in [0.5, 0.6) is 11.5 Å². The smallest absolute Gasteiger partial charge is 0.311 e. The second-order valence-corrected chi connectivity index (χ2v) is 30.2. The summed E-state index contributed by atoms with van der Waals surface area (Å²) in [5.74, 6) is -23.1. The van der Waals surface area contributed by atoms with E-state index in [0.717, 1.165) is 14.2 Å². The number of phenolic OH excluding ortho intramolecular Hbond substituents is 2. The van der Waals surface area contributed by atoms with Crippen LogP contribution in [0.4, 0.5) is 0 Å². The Morgan fingerprint density at radius 1 is 0.458 bits per heavy atom. The molecule has 2 aromatic carbocycles. The number of aromatic nitrogens is 2. The number of methoxy groups -OCH3 is 2. The van der Waals surface area contributed by atoms with Crippen LogP contribution in [0.2, 0.25) is 0 Å². The molecule has 0 unspecified atom stereocenters. The number of carbonyl (C=O) groups excluding carboxylic acids is 15. The van der Waals surface area contributed by atoms with Gasteiger partial charge in [-0.1, -0.05) is 78.6 Å². The molecule has 2 aliphatic carbocycles. The number of rotatable bonds is 51. The minimum atomic E-state index is -1.83. The van der Waals surface area contributed by atoms with Gasteiger partial charge in [0.1, 0.15) is 65.9 Å². The van der Waals surface area contributed by atoms with Crippen molar-refractivity contribution in [2.24, 2.45) is 75.8 Å². The number of guanidine groups is 3. The van der Waals surface area contributed by atoms with E-state index < -0.39 is 215 Å². The zero-order valence-electron chi connectivity index (χ0n) is 68.3. The van der Waals surface area contributed by atoms with Gasteiger partial charge in [0.2, 0.25) is 76.8 Å². The van der Waals surface area contributed by atoms with E-state index in [1.165, 1.54) is 61.1 Å². The van der Waals surface area contributed by atoms with Crippen LogP contribution in [0, 0.1) is 57.7 Å². The van der Waals surface area contributed by atoms with Crippen LogP contribution >= 0.6 is 0 Å². The lowest BCUT2D eigenvalue weighted by Gasteiger charge is -2.30. The summed E-state index contributed by atoms with van der Waals surface area (Å²) in [4.78, 5) is 218. The van der Waals surface area contributed by atoms with Crippen molar-refractivity contribution in [2.45, 2.75) is 198 Å². The summed E-state index contributed by atoms with van der Waals surface area (Å²) >= 11 is 0. The van der Waals surface area contributed by atoms with Crippen molar-refractivity contribution in [2.75, 3.05) is 33.9 Å². The molecular weight excluding hydrogens is 1570 g/mol. The van der Waals surface area contributed by atoms with Gasteiger partial charge in [-0.3, -0.25) is 88.1 Å². The van der Waals surface area contributed by atoms with Crippen molar-refractivity contribution < 1.29 is 91.6 Å². The number of hydrogen-bond donors (Lipinski definition) is 26. The molecule has 0 aliphatic heterocycles. The maximum Gasteiger partial charge on any atom is 0.311 e. The summed E-state index contributed by atoms with van der Waals surface area (Å²) in [6.45, 7) is 10.2. The largest absolute Gasteiger partial charge is 0.508 e. The van der Waals surface area contributed by atoms with Crippen molar-refractivity contribution >= 4 is 107 Å². The Kier molecular flexibility index (Phi) is 38.6. The lowest BCUT2D eigenvalue weighted by Crippen LogP contribution is -2.62. The maximum atomic E-state index is 14.7. The Morgan fingerprint density at radius 2 is 0.842 bits per heavy atom. The second-order valence-electron chi connectivity index (χ2n) is 30.2. The fraction of sp³-hybridized carbons (Fsp3) is 0.566. The van der Waals surface area contributed by atoms with E-state index in [-0.39, 0.29) is 114 Å². The molecule has 0 radical (unpaired) electrons. The van der Waals surface area contributed by atoms with E-state index in [1.807, 2.05) is 0 Å². The quantitative estimate of drug-likeness (QED) is 0.0108. The highest BCUT2D eigenvalue weighted by Gasteiger charge is 2.63. The summed E-state index contributed by atoms with van der Waals surface area (Å²) < 4.78 is 10.0. The monoisotopic (exact) mass is 1680 g/mol. The minimum absolute atomic E-state index is 0.0186. The Balaban J connectivity index is 1.35. The molecule has 1 heterocycles. The number of nitrogens with zero attached hydrogens (tertiary/aromatic N) is 1. The number of aromatic hydroxyl groups is 2. The van der Waals surface area contributed by atoms with Crippen molar-refractivity contribution in [3.8, 4) is 11.5 Å². The highest BCUT2D eigenvalue weighted by molar-refractivity contribution is 6.02. The van der Waals surface area contributed by atoms with E-state index >= 15 is 0 Å². The van der Waals surface area contributed by atoms with E-state index in [9.17, 15) is 82.1 Å². The van der Waals surface area contributed by atoms with Crippen LogP contribution in [0.1, 0.15) is 123 Å². The van der Waals surface area contributed by atoms with Crippen LogP contribution in [0.15, 0.2) is 61.1 Å². The number of hydrogen-bond acceptors (Lipinski definition) is 24. The molecule has 120 heavy (non-hydrogen) atoms. The van der Waals surface area contributed by atoms with Crippen molar-refractivity contribution in [1.29, 1.82) is 16.2 Å². The molecule has 0 spiro atoms. The normalized spacial score (nSPS) is 18.6.